The molecular weight excluding hydrogens is 368 g/mol. The molecule has 1 saturated carbocycles. The maximum Gasteiger partial charge on any atom is 0.324 e. The largest absolute Gasteiger partial charge is 0.465 e. The van der Waals surface area contributed by atoms with E-state index in [1.54, 1.807) is 34.6 Å². The lowest BCUT2D eigenvalue weighted by molar-refractivity contribution is -0.157. The summed E-state index contributed by atoms with van der Waals surface area (Å²) >= 11 is 1.35. The first-order valence-corrected chi connectivity index (χ1v) is 10.8. The molecule has 0 radical (unpaired) electrons. The van der Waals surface area contributed by atoms with Crippen molar-refractivity contribution in [3.63, 3.8) is 0 Å². The van der Waals surface area contributed by atoms with E-state index in [0.717, 1.165) is 25.7 Å². The van der Waals surface area contributed by atoms with Crippen molar-refractivity contribution in [2.24, 2.45) is 0 Å². The number of ether oxygens (including phenoxy) is 2. The molecule has 2 N–H and O–H groups in total. The van der Waals surface area contributed by atoms with Gasteiger partial charge < -0.3 is 14.8 Å². The van der Waals surface area contributed by atoms with E-state index in [4.69, 9.17) is 9.47 Å². The lowest BCUT2D eigenvalue weighted by Crippen LogP contribution is -2.49. The van der Waals surface area contributed by atoms with Gasteiger partial charge >= 0.3 is 11.9 Å². The van der Waals surface area contributed by atoms with Crippen molar-refractivity contribution in [2.75, 3.05) is 18.1 Å². The number of amides is 1. The van der Waals surface area contributed by atoms with Crippen LogP contribution in [0.15, 0.2) is 0 Å². The molecule has 1 unspecified atom stereocenters. The second kappa shape index (κ2) is 11.5. The summed E-state index contributed by atoms with van der Waals surface area (Å²) in [5, 5.41) is 5.99. The lowest BCUT2D eigenvalue weighted by atomic mass is 10.2. The molecule has 0 bridgehead atoms. The average molecular weight is 403 g/mol. The van der Waals surface area contributed by atoms with Crippen LogP contribution >= 0.6 is 11.8 Å². The highest BCUT2D eigenvalue weighted by atomic mass is 32.2. The Hall–Kier alpha value is -1.28. The van der Waals surface area contributed by atoms with Gasteiger partial charge in [-0.05, 0) is 47.5 Å². The Morgan fingerprint density at radius 1 is 1.15 bits per heavy atom. The van der Waals surface area contributed by atoms with Gasteiger partial charge in [0.2, 0.25) is 5.91 Å². The first-order valence-electron chi connectivity index (χ1n) is 9.65. The van der Waals surface area contributed by atoms with E-state index in [1.165, 1.54) is 11.8 Å². The summed E-state index contributed by atoms with van der Waals surface area (Å²) in [6, 6.07) is -1.06. The SMILES string of the molecule is CCOC(=O)[C@H](CSCC(=O)NC1CCCC1)NC(C)C(=O)OC(C)(C)C. The van der Waals surface area contributed by atoms with E-state index in [1.807, 2.05) is 0 Å². The molecule has 27 heavy (non-hydrogen) atoms. The summed E-state index contributed by atoms with van der Waals surface area (Å²) in [6.07, 6.45) is 4.40. The molecule has 0 heterocycles. The fraction of sp³-hybridized carbons (Fsp3) is 0.842. The molecule has 0 spiro atoms. The Morgan fingerprint density at radius 2 is 1.78 bits per heavy atom. The zero-order chi connectivity index (χ0) is 20.4. The summed E-state index contributed by atoms with van der Waals surface area (Å²) in [4.78, 5) is 36.4. The van der Waals surface area contributed by atoms with Crippen LogP contribution in [0.3, 0.4) is 0 Å². The number of rotatable bonds is 10. The summed E-state index contributed by atoms with van der Waals surface area (Å²) in [6.45, 7) is 9.01. The van der Waals surface area contributed by atoms with E-state index in [2.05, 4.69) is 10.6 Å². The highest BCUT2D eigenvalue weighted by Gasteiger charge is 2.28. The minimum Gasteiger partial charge on any atom is -0.465 e. The molecular formula is C19H34N2O5S. The van der Waals surface area contributed by atoms with Crippen molar-refractivity contribution in [3.05, 3.63) is 0 Å². The van der Waals surface area contributed by atoms with Crippen molar-refractivity contribution in [1.82, 2.24) is 10.6 Å². The van der Waals surface area contributed by atoms with Crippen LogP contribution in [0, 0.1) is 0 Å². The second-order valence-electron chi connectivity index (χ2n) is 7.79. The molecule has 1 aliphatic carbocycles. The number of hydrogen-bond acceptors (Lipinski definition) is 7. The van der Waals surface area contributed by atoms with E-state index in [9.17, 15) is 14.4 Å². The first kappa shape index (κ1) is 23.8. The zero-order valence-electron chi connectivity index (χ0n) is 17.1. The Bertz CT molecular complexity index is 501. The molecule has 1 fully saturated rings. The summed E-state index contributed by atoms with van der Waals surface area (Å²) in [5.74, 6) is -0.272. The van der Waals surface area contributed by atoms with Crippen LogP contribution in [0.25, 0.3) is 0 Å². The molecule has 1 amide bonds. The molecule has 1 rings (SSSR count). The van der Waals surface area contributed by atoms with E-state index < -0.39 is 29.6 Å². The number of nitrogens with one attached hydrogen (secondary N) is 2. The Labute approximate surface area is 166 Å². The van der Waals surface area contributed by atoms with Gasteiger partial charge in [-0.2, -0.15) is 0 Å². The average Bonchev–Trinajstić information content (AvgIpc) is 3.05. The third-order valence-electron chi connectivity index (χ3n) is 4.02. The number of esters is 2. The molecule has 8 heteroatoms. The minimum absolute atomic E-state index is 0.0188. The van der Waals surface area contributed by atoms with E-state index in [0.29, 0.717) is 5.75 Å². The van der Waals surface area contributed by atoms with Gasteiger partial charge in [-0.3, -0.25) is 19.7 Å². The third kappa shape index (κ3) is 10.0. The Balaban J connectivity index is 2.49. The fourth-order valence-electron chi connectivity index (χ4n) is 2.80. The second-order valence-corrected chi connectivity index (χ2v) is 8.82. The van der Waals surface area contributed by atoms with Crippen LogP contribution in [-0.2, 0) is 23.9 Å². The molecule has 0 saturated heterocycles. The number of hydrogen-bond donors (Lipinski definition) is 2. The van der Waals surface area contributed by atoms with Gasteiger partial charge in [-0.1, -0.05) is 12.8 Å². The van der Waals surface area contributed by atoms with Crippen LogP contribution in [-0.4, -0.2) is 59.7 Å². The molecule has 0 aromatic rings. The quantitative estimate of drug-likeness (QED) is 0.540. The van der Waals surface area contributed by atoms with Gasteiger partial charge in [-0.25, -0.2) is 0 Å². The molecule has 0 aromatic carbocycles. The smallest absolute Gasteiger partial charge is 0.324 e. The fourth-order valence-corrected chi connectivity index (χ4v) is 3.65. The maximum absolute atomic E-state index is 12.2. The van der Waals surface area contributed by atoms with Crippen molar-refractivity contribution in [2.45, 2.75) is 84.0 Å². The molecule has 156 valence electrons. The van der Waals surface area contributed by atoms with Gasteiger partial charge in [-0.15, -0.1) is 11.8 Å². The van der Waals surface area contributed by atoms with Gasteiger partial charge in [0.25, 0.3) is 0 Å². The van der Waals surface area contributed by atoms with Crippen LogP contribution in [0.4, 0.5) is 0 Å². The van der Waals surface area contributed by atoms with Crippen LogP contribution in [0.5, 0.6) is 0 Å². The monoisotopic (exact) mass is 402 g/mol. The van der Waals surface area contributed by atoms with E-state index >= 15 is 0 Å². The van der Waals surface area contributed by atoms with Crippen LogP contribution in [0.1, 0.15) is 60.3 Å². The zero-order valence-corrected chi connectivity index (χ0v) is 17.9. The standard InChI is InChI=1S/C19H34N2O5S/c1-6-25-18(24)15(20-13(2)17(23)26-19(3,4)5)11-27-12-16(22)21-14-9-7-8-10-14/h13-15,20H,6-12H2,1-5H3,(H,21,22)/t13?,15-/m0/s1. The summed E-state index contributed by atoms with van der Waals surface area (Å²) < 4.78 is 10.4. The Morgan fingerprint density at radius 3 is 2.33 bits per heavy atom. The first-order chi connectivity index (χ1) is 12.6. The van der Waals surface area contributed by atoms with Crippen LogP contribution < -0.4 is 10.6 Å². The number of carbonyl (C=O) groups excluding carboxylic acids is 3. The normalized spacial score (nSPS) is 17.2. The van der Waals surface area contributed by atoms with Crippen LogP contribution in [0.2, 0.25) is 0 Å². The molecule has 1 aliphatic rings. The summed E-state index contributed by atoms with van der Waals surface area (Å²) in [5.41, 5.74) is -0.598. The predicted octanol–water partition coefficient (Wildman–Crippen LogP) is 2.03. The van der Waals surface area contributed by atoms with Gasteiger partial charge in [0, 0.05) is 11.8 Å². The Kier molecular flexibility index (Phi) is 10.2. The highest BCUT2D eigenvalue weighted by molar-refractivity contribution is 8.00. The molecule has 2 atom stereocenters. The van der Waals surface area contributed by atoms with E-state index in [-0.39, 0.29) is 24.3 Å². The van der Waals surface area contributed by atoms with Crippen molar-refractivity contribution in [3.8, 4) is 0 Å². The van der Waals surface area contributed by atoms with Crippen molar-refractivity contribution >= 4 is 29.6 Å². The molecule has 7 nitrogen and oxygen atoms in total. The number of carbonyl (C=O) groups is 3. The predicted molar refractivity (Wildman–Crippen MR) is 107 cm³/mol. The van der Waals surface area contributed by atoms with Crippen molar-refractivity contribution in [1.29, 1.82) is 0 Å². The maximum atomic E-state index is 12.2. The van der Waals surface area contributed by atoms with Crippen molar-refractivity contribution < 1.29 is 23.9 Å². The lowest BCUT2D eigenvalue weighted by Gasteiger charge is -2.25. The topological polar surface area (TPSA) is 93.7 Å². The van der Waals surface area contributed by atoms with Gasteiger partial charge in [0.15, 0.2) is 0 Å². The molecule has 0 aromatic heterocycles. The highest BCUT2D eigenvalue weighted by Crippen LogP contribution is 2.18. The summed E-state index contributed by atoms with van der Waals surface area (Å²) in [7, 11) is 0. The van der Waals surface area contributed by atoms with Gasteiger partial charge in [0.1, 0.15) is 17.7 Å². The number of thioether (sulfide) groups is 1. The minimum atomic E-state index is -0.684. The third-order valence-corrected chi connectivity index (χ3v) is 5.06. The van der Waals surface area contributed by atoms with Gasteiger partial charge in [0.05, 0.1) is 12.4 Å². The molecule has 0 aliphatic heterocycles.